The van der Waals surface area contributed by atoms with Crippen molar-refractivity contribution in [3.05, 3.63) is 11.6 Å². The molecule has 0 aromatic rings. The number of allylic oxidation sites excluding steroid dienone is 1. The summed E-state index contributed by atoms with van der Waals surface area (Å²) in [6.07, 6.45) is 17.2. The van der Waals surface area contributed by atoms with Crippen molar-refractivity contribution in [1.29, 1.82) is 0 Å². The Hall–Kier alpha value is -0.0300. The van der Waals surface area contributed by atoms with Gasteiger partial charge in [0.05, 0.1) is 19.3 Å². The predicted molar refractivity (Wildman–Crippen MR) is 145 cm³/mol. The fourth-order valence-corrected chi connectivity index (χ4v) is 9.38. The summed E-state index contributed by atoms with van der Waals surface area (Å²) in [4.78, 5) is 9.53. The molecule has 4 aliphatic rings. The average molecular weight is 512 g/mol. The van der Waals surface area contributed by atoms with Gasteiger partial charge in [0, 0.05) is 0 Å². The first-order chi connectivity index (χ1) is 16.6. The van der Waals surface area contributed by atoms with Gasteiger partial charge in [0.2, 0.25) is 8.53 Å². The number of aliphatic hydroxyl groups is 2. The van der Waals surface area contributed by atoms with Gasteiger partial charge in [-0.1, -0.05) is 65.5 Å². The van der Waals surface area contributed by atoms with Crippen molar-refractivity contribution < 1.29 is 19.6 Å². The highest BCUT2D eigenvalue weighted by atomic mass is 31.2. The first-order valence-corrected chi connectivity index (χ1v) is 15.7. The molecule has 0 heterocycles. The van der Waals surface area contributed by atoms with E-state index in [4.69, 9.17) is 20.2 Å². The van der Waals surface area contributed by atoms with Crippen molar-refractivity contribution in [2.24, 2.45) is 51.8 Å². The molecule has 35 heavy (non-hydrogen) atoms. The molecule has 4 rings (SSSR count). The quantitative estimate of drug-likeness (QED) is 0.219. The maximum absolute atomic E-state index is 9.53. The average Bonchev–Trinajstić information content (AvgIpc) is 3.16. The van der Waals surface area contributed by atoms with E-state index in [9.17, 15) is 4.89 Å². The number of hydrogen-bond acceptors (Lipinski definition) is 5. The van der Waals surface area contributed by atoms with E-state index in [0.29, 0.717) is 10.8 Å². The molecule has 204 valence electrons. The molecule has 0 saturated heterocycles. The van der Waals surface area contributed by atoms with Gasteiger partial charge in [-0.15, -0.1) is 0 Å². The largest absolute Gasteiger partial charge is 0.394 e. The van der Waals surface area contributed by atoms with Gasteiger partial charge in [0.1, 0.15) is 0 Å². The van der Waals surface area contributed by atoms with Gasteiger partial charge in [0.25, 0.3) is 0 Å². The van der Waals surface area contributed by atoms with Crippen molar-refractivity contribution >= 4 is 8.53 Å². The van der Waals surface area contributed by atoms with Crippen LogP contribution in [0.25, 0.3) is 0 Å². The lowest BCUT2D eigenvalue weighted by Gasteiger charge is -2.58. The lowest BCUT2D eigenvalue weighted by Crippen LogP contribution is -2.51. The minimum absolute atomic E-state index is 0.119. The van der Waals surface area contributed by atoms with Gasteiger partial charge in [-0.2, -0.15) is 0 Å². The van der Waals surface area contributed by atoms with E-state index in [1.165, 1.54) is 57.8 Å². The maximum atomic E-state index is 9.53. The third-order valence-electron chi connectivity index (χ3n) is 10.6. The van der Waals surface area contributed by atoms with Gasteiger partial charge >= 0.3 is 0 Å². The van der Waals surface area contributed by atoms with E-state index in [1.807, 2.05) is 0 Å². The van der Waals surface area contributed by atoms with Crippen molar-refractivity contribution in [3.8, 4) is 0 Å². The SMILES string of the molecule is CC(C)CCC[C@@H](C)[C@H]1CC[C@H]2[C@@H]3CC=C4C[C@@H](OP(N)O)CC[C@]4(C)[C@H]3CC[C@]12C.OCCO. The normalized spacial score (nSPS) is 40.1. The number of aliphatic hydroxyl groups excluding tert-OH is 2. The molecule has 3 saturated carbocycles. The highest BCUT2D eigenvalue weighted by Crippen LogP contribution is 2.67. The van der Waals surface area contributed by atoms with Gasteiger partial charge < -0.3 is 19.6 Å². The van der Waals surface area contributed by atoms with Crippen LogP contribution in [0.15, 0.2) is 11.6 Å². The summed E-state index contributed by atoms with van der Waals surface area (Å²) < 4.78 is 5.65. The Balaban J connectivity index is 0.000000795. The van der Waals surface area contributed by atoms with E-state index in [1.54, 1.807) is 5.57 Å². The number of rotatable bonds is 8. The molecule has 4 aliphatic carbocycles. The van der Waals surface area contributed by atoms with Crippen molar-refractivity contribution in [3.63, 3.8) is 0 Å². The fraction of sp³-hybridized carbons (Fsp3) is 0.931. The Morgan fingerprint density at radius 2 is 1.74 bits per heavy atom. The number of fused-ring (bicyclic) bond motifs is 5. The Kier molecular flexibility index (Phi) is 10.7. The van der Waals surface area contributed by atoms with Gasteiger partial charge in [-0.05, 0) is 97.7 Å². The van der Waals surface area contributed by atoms with E-state index < -0.39 is 8.53 Å². The fourth-order valence-electron chi connectivity index (χ4n) is 8.89. The molecule has 0 radical (unpaired) electrons. The van der Waals surface area contributed by atoms with E-state index >= 15 is 0 Å². The summed E-state index contributed by atoms with van der Waals surface area (Å²) in [6.45, 7) is 12.3. The molecule has 0 amide bonds. The molecule has 3 fully saturated rings. The number of nitrogens with two attached hydrogens (primary N) is 1. The van der Waals surface area contributed by atoms with Crippen molar-refractivity contribution in [2.45, 2.75) is 111 Å². The summed E-state index contributed by atoms with van der Waals surface area (Å²) >= 11 is 0. The molecule has 5 nitrogen and oxygen atoms in total. The van der Waals surface area contributed by atoms with Crippen molar-refractivity contribution in [1.82, 2.24) is 0 Å². The highest BCUT2D eigenvalue weighted by Gasteiger charge is 2.59. The number of hydrogen-bond donors (Lipinski definition) is 4. The lowest BCUT2D eigenvalue weighted by molar-refractivity contribution is -0.0558. The van der Waals surface area contributed by atoms with Crippen LogP contribution in [0.4, 0.5) is 0 Å². The van der Waals surface area contributed by atoms with Crippen LogP contribution in [0.5, 0.6) is 0 Å². The van der Waals surface area contributed by atoms with Crippen LogP contribution in [-0.4, -0.2) is 34.4 Å². The van der Waals surface area contributed by atoms with Gasteiger partial charge in [-0.3, -0.25) is 5.50 Å². The molecule has 0 bridgehead atoms. The Morgan fingerprint density at radius 3 is 2.37 bits per heavy atom. The van der Waals surface area contributed by atoms with Crippen LogP contribution >= 0.6 is 8.53 Å². The standard InChI is InChI=1S/C27H48NO2P.C2H6O2/c1-18(2)7-6-8-19(3)23-11-12-24-22-10-9-20-17-21(30-31(28)29)13-15-26(20,4)25(22)14-16-27(23,24)5;3-1-2-4/h9,18-19,21-25,29H,6-8,10-17,28H2,1-5H3;3-4H,1-2H2/t19-,21+,22+,23-,24+,25+,26+,27-,31?;/m1./s1. The Bertz CT molecular complexity index is 698. The monoisotopic (exact) mass is 511 g/mol. The second kappa shape index (κ2) is 12.7. The molecule has 5 N–H and O–H groups in total. The minimum atomic E-state index is -1.74. The molecule has 0 aliphatic heterocycles. The molecule has 6 heteroatoms. The van der Waals surface area contributed by atoms with Crippen LogP contribution in [0.1, 0.15) is 105 Å². The third-order valence-corrected chi connectivity index (χ3v) is 11.1. The topological polar surface area (TPSA) is 95.9 Å². The predicted octanol–water partition coefficient (Wildman–Crippen LogP) is 6.56. The Morgan fingerprint density at radius 1 is 1.03 bits per heavy atom. The summed E-state index contributed by atoms with van der Waals surface area (Å²) in [5.74, 6) is 5.29. The zero-order chi connectivity index (χ0) is 25.8. The van der Waals surface area contributed by atoms with Crippen LogP contribution in [0.3, 0.4) is 0 Å². The molecular weight excluding hydrogens is 457 g/mol. The zero-order valence-electron chi connectivity index (χ0n) is 23.1. The molecule has 9 atom stereocenters. The van der Waals surface area contributed by atoms with Crippen LogP contribution in [0.2, 0.25) is 0 Å². The summed E-state index contributed by atoms with van der Waals surface area (Å²) in [6, 6.07) is 0. The molecule has 1 unspecified atom stereocenters. The molecule has 0 aromatic heterocycles. The van der Waals surface area contributed by atoms with Gasteiger partial charge in [0.15, 0.2) is 0 Å². The van der Waals surface area contributed by atoms with Crippen LogP contribution in [0, 0.1) is 46.3 Å². The van der Waals surface area contributed by atoms with E-state index in [0.717, 1.165) is 48.3 Å². The summed E-state index contributed by atoms with van der Waals surface area (Å²) in [5.41, 5.74) is 8.08. The van der Waals surface area contributed by atoms with Crippen LogP contribution < -0.4 is 5.50 Å². The van der Waals surface area contributed by atoms with Gasteiger partial charge in [-0.25, -0.2) is 0 Å². The molecule has 0 spiro atoms. The summed E-state index contributed by atoms with van der Waals surface area (Å²) in [7, 11) is -1.74. The van der Waals surface area contributed by atoms with E-state index in [2.05, 4.69) is 40.7 Å². The lowest BCUT2D eigenvalue weighted by atomic mass is 9.47. The second-order valence-corrected chi connectivity index (χ2v) is 13.8. The van der Waals surface area contributed by atoms with Crippen molar-refractivity contribution in [2.75, 3.05) is 13.2 Å². The highest BCUT2D eigenvalue weighted by molar-refractivity contribution is 7.43. The molecular formula is C29H54NO4P. The molecule has 0 aromatic carbocycles. The minimum Gasteiger partial charge on any atom is -0.394 e. The first kappa shape index (κ1) is 29.5. The first-order valence-electron chi connectivity index (χ1n) is 14.4. The third kappa shape index (κ3) is 6.52. The zero-order valence-corrected chi connectivity index (χ0v) is 24.0. The smallest absolute Gasteiger partial charge is 0.250 e. The Labute approximate surface area is 216 Å². The second-order valence-electron chi connectivity index (χ2n) is 13.0. The summed E-state index contributed by atoms with van der Waals surface area (Å²) in [5, 5.41) is 15.2. The maximum Gasteiger partial charge on any atom is 0.250 e. The van der Waals surface area contributed by atoms with Crippen LogP contribution in [-0.2, 0) is 4.52 Å². The van der Waals surface area contributed by atoms with E-state index in [-0.39, 0.29) is 19.3 Å².